The highest BCUT2D eigenvalue weighted by atomic mass is 28.3. The maximum Gasteiger partial charge on any atom is 0.0483 e. The molecular formula is C13H26Si. The van der Waals surface area contributed by atoms with Gasteiger partial charge < -0.3 is 0 Å². The molecule has 1 heteroatoms. The van der Waals surface area contributed by atoms with Gasteiger partial charge in [-0.3, -0.25) is 0 Å². The smallest absolute Gasteiger partial charge is 0.0483 e. The van der Waals surface area contributed by atoms with Gasteiger partial charge >= 0.3 is 0 Å². The standard InChI is InChI=1S/C13H26Si/c1-12(11-14(2,3)4)10-13-8-6-5-7-9-13/h10,13H,5-9,11H2,1-4H3/b12-10+. The average molecular weight is 210 g/mol. The molecule has 0 saturated heterocycles. The van der Waals surface area contributed by atoms with Crippen molar-refractivity contribution in [3.63, 3.8) is 0 Å². The molecule has 0 aromatic rings. The van der Waals surface area contributed by atoms with E-state index >= 15 is 0 Å². The van der Waals surface area contributed by atoms with Crippen LogP contribution in [0.2, 0.25) is 25.7 Å². The lowest BCUT2D eigenvalue weighted by Crippen LogP contribution is -2.19. The van der Waals surface area contributed by atoms with E-state index in [0.717, 1.165) is 5.92 Å². The number of hydrogen-bond donors (Lipinski definition) is 0. The fraction of sp³-hybridized carbons (Fsp3) is 0.846. The van der Waals surface area contributed by atoms with Crippen LogP contribution in [0, 0.1) is 5.92 Å². The predicted molar refractivity (Wildman–Crippen MR) is 68.5 cm³/mol. The van der Waals surface area contributed by atoms with Gasteiger partial charge in [0.2, 0.25) is 0 Å². The maximum absolute atomic E-state index is 2.58. The number of rotatable bonds is 3. The number of allylic oxidation sites excluding steroid dienone is 2. The largest absolute Gasteiger partial charge is 0.0828 e. The summed E-state index contributed by atoms with van der Waals surface area (Å²) >= 11 is 0. The van der Waals surface area contributed by atoms with Crippen molar-refractivity contribution in [2.24, 2.45) is 5.92 Å². The van der Waals surface area contributed by atoms with E-state index in [1.54, 1.807) is 5.57 Å². The van der Waals surface area contributed by atoms with E-state index in [1.807, 2.05) is 0 Å². The molecule has 0 atom stereocenters. The Balaban J connectivity index is 2.41. The van der Waals surface area contributed by atoms with Gasteiger partial charge in [-0.05, 0) is 31.7 Å². The Hall–Kier alpha value is -0.0431. The third-order valence-electron chi connectivity index (χ3n) is 2.98. The average Bonchev–Trinajstić information content (AvgIpc) is 2.02. The summed E-state index contributed by atoms with van der Waals surface area (Å²) in [5.41, 5.74) is 1.66. The van der Waals surface area contributed by atoms with Gasteiger partial charge in [0.05, 0.1) is 0 Å². The monoisotopic (exact) mass is 210 g/mol. The summed E-state index contributed by atoms with van der Waals surface area (Å²) in [6.07, 6.45) is 9.86. The summed E-state index contributed by atoms with van der Waals surface area (Å²) in [7, 11) is -0.873. The van der Waals surface area contributed by atoms with Crippen LogP contribution >= 0.6 is 0 Å². The summed E-state index contributed by atoms with van der Waals surface area (Å²) < 4.78 is 0. The third kappa shape index (κ3) is 4.99. The van der Waals surface area contributed by atoms with Gasteiger partial charge in [0.25, 0.3) is 0 Å². The molecule has 0 radical (unpaired) electrons. The van der Waals surface area contributed by atoms with E-state index in [1.165, 1.54) is 38.1 Å². The Labute approximate surface area is 90.8 Å². The van der Waals surface area contributed by atoms with Crippen molar-refractivity contribution >= 4 is 8.07 Å². The molecule has 0 unspecified atom stereocenters. The molecule has 0 N–H and O–H groups in total. The van der Waals surface area contributed by atoms with Gasteiger partial charge in [-0.2, -0.15) is 0 Å². The van der Waals surface area contributed by atoms with Crippen molar-refractivity contribution in [1.82, 2.24) is 0 Å². The van der Waals surface area contributed by atoms with E-state index in [-0.39, 0.29) is 0 Å². The first kappa shape index (κ1) is 12.0. The lowest BCUT2D eigenvalue weighted by atomic mass is 9.88. The second-order valence-electron chi connectivity index (χ2n) is 6.15. The quantitative estimate of drug-likeness (QED) is 0.461. The molecule has 1 fully saturated rings. The van der Waals surface area contributed by atoms with Crippen LogP contribution < -0.4 is 0 Å². The molecule has 82 valence electrons. The molecule has 0 nitrogen and oxygen atoms in total. The second-order valence-corrected chi connectivity index (χ2v) is 11.6. The molecule has 0 aromatic carbocycles. The molecular weight excluding hydrogens is 184 g/mol. The summed E-state index contributed by atoms with van der Waals surface area (Å²) in [6.45, 7) is 9.73. The second kappa shape index (κ2) is 5.15. The van der Waals surface area contributed by atoms with E-state index in [0.29, 0.717) is 0 Å². The topological polar surface area (TPSA) is 0 Å². The van der Waals surface area contributed by atoms with Gasteiger partial charge in [-0.25, -0.2) is 0 Å². The molecule has 0 spiro atoms. The summed E-state index contributed by atoms with van der Waals surface area (Å²) in [6, 6.07) is 1.39. The van der Waals surface area contributed by atoms with E-state index < -0.39 is 8.07 Å². The van der Waals surface area contributed by atoms with Gasteiger partial charge in [0.15, 0.2) is 0 Å². The molecule has 14 heavy (non-hydrogen) atoms. The SMILES string of the molecule is C/C(=C\C1CCCCC1)C[Si](C)(C)C. The summed E-state index contributed by atoms with van der Waals surface area (Å²) in [5, 5.41) is 0. The van der Waals surface area contributed by atoms with Crippen LogP contribution in [0.5, 0.6) is 0 Å². The van der Waals surface area contributed by atoms with E-state index in [2.05, 4.69) is 32.6 Å². The molecule has 0 bridgehead atoms. The summed E-state index contributed by atoms with van der Waals surface area (Å²) in [4.78, 5) is 0. The molecule has 0 heterocycles. The van der Waals surface area contributed by atoms with Gasteiger partial charge in [0.1, 0.15) is 0 Å². The van der Waals surface area contributed by atoms with Crippen LogP contribution in [0.25, 0.3) is 0 Å². The predicted octanol–water partition coefficient (Wildman–Crippen LogP) is 4.85. The fourth-order valence-corrected chi connectivity index (χ4v) is 4.39. The Bertz CT molecular complexity index is 192. The van der Waals surface area contributed by atoms with Crippen molar-refractivity contribution < 1.29 is 0 Å². The zero-order valence-corrected chi connectivity index (χ0v) is 11.4. The van der Waals surface area contributed by atoms with Crippen LogP contribution in [0.4, 0.5) is 0 Å². The highest BCUT2D eigenvalue weighted by molar-refractivity contribution is 6.76. The Morgan fingerprint density at radius 2 is 1.71 bits per heavy atom. The lowest BCUT2D eigenvalue weighted by molar-refractivity contribution is 0.418. The summed E-state index contributed by atoms with van der Waals surface area (Å²) in [5.74, 6) is 0.917. The van der Waals surface area contributed by atoms with Gasteiger partial charge in [-0.15, -0.1) is 0 Å². The van der Waals surface area contributed by atoms with Crippen LogP contribution in [-0.2, 0) is 0 Å². The Morgan fingerprint density at radius 1 is 1.14 bits per heavy atom. The molecule has 0 aliphatic heterocycles. The van der Waals surface area contributed by atoms with Crippen molar-refractivity contribution in [2.45, 2.75) is 64.7 Å². The van der Waals surface area contributed by atoms with Crippen molar-refractivity contribution in [2.75, 3.05) is 0 Å². The molecule has 0 aromatic heterocycles. The first-order chi connectivity index (χ1) is 6.47. The molecule has 1 aliphatic carbocycles. The third-order valence-corrected chi connectivity index (χ3v) is 4.60. The number of hydrogen-bond acceptors (Lipinski definition) is 0. The van der Waals surface area contributed by atoms with Crippen LogP contribution in [0.3, 0.4) is 0 Å². The first-order valence-electron chi connectivity index (χ1n) is 6.15. The van der Waals surface area contributed by atoms with Crippen molar-refractivity contribution in [3.05, 3.63) is 11.6 Å². The fourth-order valence-electron chi connectivity index (χ4n) is 2.60. The van der Waals surface area contributed by atoms with E-state index in [9.17, 15) is 0 Å². The molecule has 1 saturated carbocycles. The first-order valence-corrected chi connectivity index (χ1v) is 9.85. The molecule has 1 aliphatic rings. The minimum atomic E-state index is -0.873. The lowest BCUT2D eigenvalue weighted by Gasteiger charge is -2.21. The highest BCUT2D eigenvalue weighted by Crippen LogP contribution is 2.27. The zero-order valence-electron chi connectivity index (χ0n) is 10.4. The normalized spacial score (nSPS) is 21.3. The maximum atomic E-state index is 2.58. The Kier molecular flexibility index (Phi) is 4.43. The minimum absolute atomic E-state index is 0.873. The van der Waals surface area contributed by atoms with E-state index in [4.69, 9.17) is 0 Å². The van der Waals surface area contributed by atoms with Gasteiger partial charge in [-0.1, -0.05) is 50.6 Å². The van der Waals surface area contributed by atoms with Gasteiger partial charge in [0, 0.05) is 8.07 Å². The minimum Gasteiger partial charge on any atom is -0.0828 e. The zero-order chi connectivity index (χ0) is 10.6. The van der Waals surface area contributed by atoms with Crippen molar-refractivity contribution in [1.29, 1.82) is 0 Å². The van der Waals surface area contributed by atoms with Crippen LogP contribution in [0.1, 0.15) is 39.0 Å². The Morgan fingerprint density at radius 3 is 2.21 bits per heavy atom. The van der Waals surface area contributed by atoms with Crippen LogP contribution in [0.15, 0.2) is 11.6 Å². The van der Waals surface area contributed by atoms with Crippen LogP contribution in [-0.4, -0.2) is 8.07 Å². The molecule has 0 amide bonds. The van der Waals surface area contributed by atoms with Crippen molar-refractivity contribution in [3.8, 4) is 0 Å². The highest BCUT2D eigenvalue weighted by Gasteiger charge is 2.15. The molecule has 1 rings (SSSR count).